The smallest absolute Gasteiger partial charge is 0.252 e. The van der Waals surface area contributed by atoms with Crippen molar-refractivity contribution >= 4 is 28.5 Å². The number of pyridine rings is 1. The average Bonchev–Trinajstić information content (AvgIpc) is 3.10. The fourth-order valence-electron chi connectivity index (χ4n) is 3.99. The number of benzene rings is 2. The van der Waals surface area contributed by atoms with E-state index in [-0.39, 0.29) is 11.9 Å². The molecule has 1 amide bonds. The van der Waals surface area contributed by atoms with E-state index in [0.717, 1.165) is 40.9 Å². The van der Waals surface area contributed by atoms with E-state index in [1.54, 1.807) is 4.68 Å². The molecule has 0 saturated carbocycles. The molecule has 2 aromatic carbocycles. The van der Waals surface area contributed by atoms with E-state index in [4.69, 9.17) is 21.7 Å². The van der Waals surface area contributed by atoms with Gasteiger partial charge in [0.1, 0.15) is 0 Å². The minimum Gasteiger partial charge on any atom is -0.350 e. The van der Waals surface area contributed by atoms with Gasteiger partial charge < -0.3 is 5.32 Å². The van der Waals surface area contributed by atoms with Crippen LogP contribution >= 0.6 is 11.6 Å². The lowest BCUT2D eigenvalue weighted by Gasteiger charge is -2.15. The van der Waals surface area contributed by atoms with Crippen LogP contribution < -0.4 is 5.32 Å². The van der Waals surface area contributed by atoms with Gasteiger partial charge in [0.2, 0.25) is 0 Å². The lowest BCUT2D eigenvalue weighted by atomic mass is 10.0. The number of fused-ring (bicyclic) bond motifs is 1. The van der Waals surface area contributed by atoms with E-state index < -0.39 is 0 Å². The summed E-state index contributed by atoms with van der Waals surface area (Å²) in [6.07, 6.45) is 1.78. The zero-order valence-corrected chi connectivity index (χ0v) is 19.6. The normalized spacial score (nSPS) is 12.2. The van der Waals surface area contributed by atoms with Crippen molar-refractivity contribution in [1.29, 1.82) is 0 Å². The molecule has 2 heterocycles. The summed E-state index contributed by atoms with van der Waals surface area (Å²) < 4.78 is 1.79. The molecule has 0 saturated heterocycles. The van der Waals surface area contributed by atoms with Gasteiger partial charge in [-0.3, -0.25) is 4.79 Å². The van der Waals surface area contributed by atoms with E-state index >= 15 is 0 Å². The van der Waals surface area contributed by atoms with Crippen molar-refractivity contribution < 1.29 is 4.79 Å². The van der Waals surface area contributed by atoms with E-state index in [2.05, 4.69) is 17.4 Å². The second-order valence-electron chi connectivity index (χ2n) is 8.29. The lowest BCUT2D eigenvalue weighted by molar-refractivity contribution is 0.0940. The largest absolute Gasteiger partial charge is 0.350 e. The van der Waals surface area contributed by atoms with E-state index in [1.165, 1.54) is 5.56 Å². The number of nitrogens with zero attached hydrogens (tertiary/aromatic N) is 3. The van der Waals surface area contributed by atoms with Crippen molar-refractivity contribution in [3.05, 3.63) is 87.7 Å². The molecular formula is C26H27ClN4O. The van der Waals surface area contributed by atoms with Crippen LogP contribution in [0.4, 0.5) is 0 Å². The van der Waals surface area contributed by atoms with Gasteiger partial charge in [0.15, 0.2) is 5.65 Å². The minimum absolute atomic E-state index is 0.0387. The molecule has 0 radical (unpaired) electrons. The first kappa shape index (κ1) is 22.0. The summed E-state index contributed by atoms with van der Waals surface area (Å²) in [5.74, 6) is -0.105. The summed E-state index contributed by atoms with van der Waals surface area (Å²) in [6.45, 7) is 7.80. The Bertz CT molecular complexity index is 1280. The van der Waals surface area contributed by atoms with Gasteiger partial charge in [-0.15, -0.1) is 0 Å². The number of halogens is 1. The second kappa shape index (κ2) is 9.13. The van der Waals surface area contributed by atoms with Crippen LogP contribution in [-0.2, 0) is 6.42 Å². The maximum atomic E-state index is 13.3. The molecule has 1 atom stereocenters. The second-order valence-corrected chi connectivity index (χ2v) is 8.70. The molecule has 0 aliphatic carbocycles. The molecule has 1 N–H and O–H groups in total. The summed E-state index contributed by atoms with van der Waals surface area (Å²) >= 11 is 6.34. The van der Waals surface area contributed by atoms with Gasteiger partial charge >= 0.3 is 0 Å². The van der Waals surface area contributed by atoms with Gasteiger partial charge in [-0.25, -0.2) is 9.67 Å². The number of amides is 1. The average molecular weight is 447 g/mol. The summed E-state index contributed by atoms with van der Waals surface area (Å²) in [7, 11) is 0. The van der Waals surface area contributed by atoms with E-state index in [0.29, 0.717) is 16.2 Å². The number of hydrogen-bond acceptors (Lipinski definition) is 3. The van der Waals surface area contributed by atoms with E-state index in [1.807, 2.05) is 70.2 Å². The molecule has 2 aromatic heterocycles. The molecule has 4 aromatic rings. The third-order valence-electron chi connectivity index (χ3n) is 5.74. The van der Waals surface area contributed by atoms with Gasteiger partial charge in [0.05, 0.1) is 22.3 Å². The predicted octanol–water partition coefficient (Wildman–Crippen LogP) is 5.75. The highest BCUT2D eigenvalue weighted by Crippen LogP contribution is 2.28. The van der Waals surface area contributed by atoms with Crippen LogP contribution in [-0.4, -0.2) is 26.7 Å². The first-order valence-electron chi connectivity index (χ1n) is 10.8. The number of carbonyl (C=O) groups is 1. The third-order valence-corrected chi connectivity index (χ3v) is 6.15. The van der Waals surface area contributed by atoms with Crippen molar-refractivity contribution in [3.63, 3.8) is 0 Å². The van der Waals surface area contributed by atoms with Crippen molar-refractivity contribution in [2.24, 2.45) is 0 Å². The Balaban J connectivity index is 1.65. The van der Waals surface area contributed by atoms with Crippen LogP contribution in [0.25, 0.3) is 16.7 Å². The Morgan fingerprint density at radius 2 is 1.84 bits per heavy atom. The Hall–Kier alpha value is -3.18. The summed E-state index contributed by atoms with van der Waals surface area (Å²) in [5, 5.41) is 9.31. The van der Waals surface area contributed by atoms with Crippen LogP contribution in [0.5, 0.6) is 0 Å². The van der Waals surface area contributed by atoms with Crippen molar-refractivity contribution in [3.8, 4) is 5.69 Å². The molecular weight excluding hydrogens is 420 g/mol. The minimum atomic E-state index is -0.105. The Morgan fingerprint density at radius 3 is 2.59 bits per heavy atom. The third kappa shape index (κ3) is 4.39. The Morgan fingerprint density at radius 1 is 1.09 bits per heavy atom. The Kier molecular flexibility index (Phi) is 6.28. The van der Waals surface area contributed by atoms with Crippen molar-refractivity contribution in [2.75, 3.05) is 0 Å². The SMILES string of the molecule is Cc1cc(C(=O)N[C@H](C)CCc2ccccc2)c2c(C)nn(-c3cccc(Cl)c3C)c2n1. The van der Waals surface area contributed by atoms with Gasteiger partial charge in [0.25, 0.3) is 5.91 Å². The molecule has 0 bridgehead atoms. The molecule has 0 aliphatic rings. The fraction of sp³-hybridized carbons (Fsp3) is 0.269. The van der Waals surface area contributed by atoms with Crippen LogP contribution in [0.3, 0.4) is 0 Å². The number of carbonyl (C=O) groups excluding carboxylic acids is 1. The number of nitrogens with one attached hydrogen (secondary N) is 1. The van der Waals surface area contributed by atoms with Crippen molar-refractivity contribution in [2.45, 2.75) is 46.6 Å². The standard InChI is InChI=1S/C26H27ClN4O/c1-16(13-14-20-9-6-5-7-10-20)29-26(32)21-15-17(2)28-25-24(21)19(4)30-31(25)23-12-8-11-22(27)18(23)3/h5-12,15-16H,13-14H2,1-4H3,(H,29,32)/t16-/m1/s1. The molecule has 164 valence electrons. The lowest BCUT2D eigenvalue weighted by Crippen LogP contribution is -2.33. The number of hydrogen-bond donors (Lipinski definition) is 1. The maximum Gasteiger partial charge on any atom is 0.252 e. The molecule has 0 unspecified atom stereocenters. The number of aromatic nitrogens is 3. The van der Waals surface area contributed by atoms with Crippen LogP contribution in [0.2, 0.25) is 5.02 Å². The summed E-state index contributed by atoms with van der Waals surface area (Å²) in [5.41, 5.74) is 5.83. The van der Waals surface area contributed by atoms with Crippen LogP contribution in [0.15, 0.2) is 54.6 Å². The fourth-order valence-corrected chi connectivity index (χ4v) is 4.16. The highest BCUT2D eigenvalue weighted by Gasteiger charge is 2.21. The summed E-state index contributed by atoms with van der Waals surface area (Å²) in [4.78, 5) is 18.0. The molecule has 4 rings (SSSR count). The molecule has 0 aliphatic heterocycles. The monoisotopic (exact) mass is 446 g/mol. The van der Waals surface area contributed by atoms with Gasteiger partial charge in [0, 0.05) is 16.8 Å². The van der Waals surface area contributed by atoms with Gasteiger partial charge in [-0.2, -0.15) is 5.10 Å². The maximum absolute atomic E-state index is 13.3. The van der Waals surface area contributed by atoms with Crippen molar-refractivity contribution in [1.82, 2.24) is 20.1 Å². The molecule has 32 heavy (non-hydrogen) atoms. The zero-order chi connectivity index (χ0) is 22.8. The molecule has 5 nitrogen and oxygen atoms in total. The topological polar surface area (TPSA) is 59.8 Å². The quantitative estimate of drug-likeness (QED) is 0.410. The molecule has 0 spiro atoms. The van der Waals surface area contributed by atoms with Crippen LogP contribution in [0.1, 0.15) is 46.2 Å². The van der Waals surface area contributed by atoms with E-state index in [9.17, 15) is 4.79 Å². The number of aryl methyl sites for hydroxylation is 3. The zero-order valence-electron chi connectivity index (χ0n) is 18.8. The molecule has 0 fully saturated rings. The first-order valence-corrected chi connectivity index (χ1v) is 11.2. The summed E-state index contributed by atoms with van der Waals surface area (Å²) in [6, 6.07) is 17.9. The number of rotatable bonds is 6. The highest BCUT2D eigenvalue weighted by atomic mass is 35.5. The highest BCUT2D eigenvalue weighted by molar-refractivity contribution is 6.31. The Labute approximate surface area is 193 Å². The van der Waals surface area contributed by atoms with Gasteiger partial charge in [-0.1, -0.05) is 48.0 Å². The molecule has 6 heteroatoms. The first-order chi connectivity index (χ1) is 15.3. The predicted molar refractivity (Wildman–Crippen MR) is 130 cm³/mol. The van der Waals surface area contributed by atoms with Crippen LogP contribution in [0, 0.1) is 20.8 Å². The van der Waals surface area contributed by atoms with Gasteiger partial charge in [-0.05, 0) is 69.9 Å².